The first kappa shape index (κ1) is 17.0. The lowest BCUT2D eigenvalue weighted by Gasteiger charge is -2.30. The molecule has 0 spiro atoms. The van der Waals surface area contributed by atoms with Gasteiger partial charge in [0.25, 0.3) is 0 Å². The first-order valence-electron chi connectivity index (χ1n) is 7.67. The van der Waals surface area contributed by atoms with Gasteiger partial charge in [-0.2, -0.15) is 5.10 Å². The third kappa shape index (κ3) is 3.21. The topological polar surface area (TPSA) is 79.2 Å². The Bertz CT molecular complexity index is 636. The van der Waals surface area contributed by atoms with Crippen LogP contribution in [0, 0.1) is 0 Å². The van der Waals surface area contributed by atoms with Gasteiger partial charge in [0.1, 0.15) is 5.71 Å². The average Bonchev–Trinajstić information content (AvgIpc) is 2.87. The van der Waals surface area contributed by atoms with E-state index in [4.69, 9.17) is 4.74 Å². The molecule has 1 aromatic carbocycles. The number of aliphatic carboxylic acids is 1. The zero-order chi connectivity index (χ0) is 17.2. The van der Waals surface area contributed by atoms with Crippen LogP contribution in [-0.2, 0) is 14.3 Å². The molecule has 0 radical (unpaired) electrons. The van der Waals surface area contributed by atoms with Gasteiger partial charge in [0.2, 0.25) is 0 Å². The average molecular weight is 318 g/mol. The van der Waals surface area contributed by atoms with Crippen LogP contribution in [0.5, 0.6) is 0 Å². The second-order valence-corrected chi connectivity index (χ2v) is 6.08. The standard InChI is InChI=1S/C17H22N2O4/c1-5-23-15(20)14-10-17(4,16(21)22)19(18-14)13-8-6-12(7-9-13)11(2)3/h6-9,11H,5,10H2,1-4H3,(H,21,22)/t17-/m0/s1. The smallest absolute Gasteiger partial charge is 0.354 e. The molecule has 0 aliphatic carbocycles. The molecular weight excluding hydrogens is 296 g/mol. The molecule has 0 aromatic heterocycles. The molecule has 1 atom stereocenters. The second-order valence-electron chi connectivity index (χ2n) is 6.08. The second kappa shape index (κ2) is 6.40. The molecule has 0 unspecified atom stereocenters. The highest BCUT2D eigenvalue weighted by Crippen LogP contribution is 2.34. The maximum Gasteiger partial charge on any atom is 0.354 e. The quantitative estimate of drug-likeness (QED) is 0.845. The highest BCUT2D eigenvalue weighted by molar-refractivity contribution is 6.38. The molecule has 0 fully saturated rings. The van der Waals surface area contributed by atoms with Gasteiger partial charge >= 0.3 is 11.9 Å². The third-order valence-corrected chi connectivity index (χ3v) is 3.98. The predicted octanol–water partition coefficient (Wildman–Crippen LogP) is 2.78. The molecular formula is C17H22N2O4. The van der Waals surface area contributed by atoms with Crippen molar-refractivity contribution in [1.82, 2.24) is 0 Å². The van der Waals surface area contributed by atoms with Crippen LogP contribution in [0.25, 0.3) is 0 Å². The van der Waals surface area contributed by atoms with Crippen molar-refractivity contribution in [1.29, 1.82) is 0 Å². The first-order valence-corrected chi connectivity index (χ1v) is 7.67. The van der Waals surface area contributed by atoms with E-state index in [1.54, 1.807) is 13.8 Å². The molecule has 0 saturated carbocycles. The Hall–Kier alpha value is -2.37. The summed E-state index contributed by atoms with van der Waals surface area (Å²) < 4.78 is 4.94. The highest BCUT2D eigenvalue weighted by atomic mass is 16.5. The Morgan fingerprint density at radius 2 is 1.96 bits per heavy atom. The third-order valence-electron chi connectivity index (χ3n) is 3.98. The van der Waals surface area contributed by atoms with Crippen LogP contribution >= 0.6 is 0 Å². The summed E-state index contributed by atoms with van der Waals surface area (Å²) in [6.07, 6.45) is 0.00704. The molecule has 6 nitrogen and oxygen atoms in total. The molecule has 1 N–H and O–H groups in total. The monoisotopic (exact) mass is 318 g/mol. The van der Waals surface area contributed by atoms with Gasteiger partial charge in [-0.25, -0.2) is 14.6 Å². The predicted molar refractivity (Wildman–Crippen MR) is 87.7 cm³/mol. The SMILES string of the molecule is CCOC(=O)C1=NN(c2ccc(C(C)C)cc2)[C@](C)(C(=O)O)C1. The molecule has 1 heterocycles. The number of hydrazone groups is 1. The van der Waals surface area contributed by atoms with E-state index in [2.05, 4.69) is 18.9 Å². The Morgan fingerprint density at radius 3 is 2.43 bits per heavy atom. The van der Waals surface area contributed by atoms with Gasteiger partial charge in [-0.3, -0.25) is 0 Å². The van der Waals surface area contributed by atoms with Gasteiger partial charge in [0.05, 0.1) is 12.3 Å². The van der Waals surface area contributed by atoms with Gasteiger partial charge in [-0.05, 0) is 37.5 Å². The maximum absolute atomic E-state index is 11.9. The fourth-order valence-corrected chi connectivity index (χ4v) is 2.50. The Labute approximate surface area is 135 Å². The van der Waals surface area contributed by atoms with Crippen LogP contribution in [0.2, 0.25) is 0 Å². The van der Waals surface area contributed by atoms with E-state index in [9.17, 15) is 14.7 Å². The number of carboxylic acid groups (broad SMARTS) is 1. The normalized spacial score (nSPS) is 20.6. The summed E-state index contributed by atoms with van der Waals surface area (Å²) in [7, 11) is 0. The number of esters is 1. The molecule has 2 rings (SSSR count). The number of hydrogen-bond acceptors (Lipinski definition) is 5. The van der Waals surface area contributed by atoms with Gasteiger partial charge in [0.15, 0.2) is 5.54 Å². The van der Waals surface area contributed by atoms with E-state index in [1.807, 2.05) is 24.3 Å². The van der Waals surface area contributed by atoms with Crippen LogP contribution in [-0.4, -0.2) is 34.9 Å². The van der Waals surface area contributed by atoms with Gasteiger partial charge < -0.3 is 9.84 Å². The zero-order valence-corrected chi connectivity index (χ0v) is 13.9. The Kier molecular flexibility index (Phi) is 4.73. The summed E-state index contributed by atoms with van der Waals surface area (Å²) >= 11 is 0. The van der Waals surface area contributed by atoms with Crippen LogP contribution in [0.4, 0.5) is 5.69 Å². The molecule has 6 heteroatoms. The molecule has 23 heavy (non-hydrogen) atoms. The number of anilines is 1. The summed E-state index contributed by atoms with van der Waals surface area (Å²) in [4.78, 5) is 23.6. The summed E-state index contributed by atoms with van der Waals surface area (Å²) in [5.74, 6) is -1.22. The van der Waals surface area contributed by atoms with E-state index >= 15 is 0 Å². The molecule has 1 aliphatic rings. The number of rotatable bonds is 5. The van der Waals surface area contributed by atoms with Crippen molar-refractivity contribution in [3.05, 3.63) is 29.8 Å². The Balaban J connectivity index is 2.38. The highest BCUT2D eigenvalue weighted by Gasteiger charge is 2.48. The molecule has 0 amide bonds. The van der Waals surface area contributed by atoms with Gasteiger partial charge in [-0.15, -0.1) is 0 Å². The van der Waals surface area contributed by atoms with E-state index in [-0.39, 0.29) is 18.7 Å². The van der Waals surface area contributed by atoms with Crippen molar-refractivity contribution >= 4 is 23.3 Å². The maximum atomic E-state index is 11.9. The van der Waals surface area contributed by atoms with E-state index < -0.39 is 17.5 Å². The fraction of sp³-hybridized carbons (Fsp3) is 0.471. The fourth-order valence-electron chi connectivity index (χ4n) is 2.50. The van der Waals surface area contributed by atoms with Crippen molar-refractivity contribution in [3.63, 3.8) is 0 Å². The number of ether oxygens (including phenoxy) is 1. The molecule has 0 saturated heterocycles. The minimum Gasteiger partial charge on any atom is -0.479 e. The summed E-state index contributed by atoms with van der Waals surface area (Å²) in [6, 6.07) is 7.54. The largest absolute Gasteiger partial charge is 0.479 e. The summed E-state index contributed by atoms with van der Waals surface area (Å²) in [6.45, 7) is 7.66. The van der Waals surface area contributed by atoms with Crippen molar-refractivity contribution in [2.75, 3.05) is 11.6 Å². The van der Waals surface area contributed by atoms with Crippen molar-refractivity contribution < 1.29 is 19.4 Å². The molecule has 1 aliphatic heterocycles. The summed E-state index contributed by atoms with van der Waals surface area (Å²) in [5, 5.41) is 15.2. The number of hydrogen-bond donors (Lipinski definition) is 1. The molecule has 124 valence electrons. The van der Waals surface area contributed by atoms with E-state index in [1.165, 1.54) is 5.01 Å². The van der Waals surface area contributed by atoms with Crippen molar-refractivity contribution in [3.8, 4) is 0 Å². The van der Waals surface area contributed by atoms with Crippen LogP contribution in [0.3, 0.4) is 0 Å². The van der Waals surface area contributed by atoms with E-state index in [0.717, 1.165) is 5.56 Å². The lowest BCUT2D eigenvalue weighted by atomic mass is 9.95. The first-order chi connectivity index (χ1) is 10.8. The Morgan fingerprint density at radius 1 is 1.35 bits per heavy atom. The molecule has 0 bridgehead atoms. The lowest BCUT2D eigenvalue weighted by molar-refractivity contribution is -0.142. The molecule has 1 aromatic rings. The van der Waals surface area contributed by atoms with E-state index in [0.29, 0.717) is 11.6 Å². The van der Waals surface area contributed by atoms with Crippen LogP contribution in [0.1, 0.15) is 45.6 Å². The van der Waals surface area contributed by atoms with Crippen LogP contribution < -0.4 is 5.01 Å². The van der Waals surface area contributed by atoms with Gasteiger partial charge in [-0.1, -0.05) is 26.0 Å². The summed E-state index contributed by atoms with van der Waals surface area (Å²) in [5.41, 5.74) is 0.615. The number of benzene rings is 1. The number of carbonyl (C=O) groups excluding carboxylic acids is 1. The van der Waals surface area contributed by atoms with Crippen LogP contribution in [0.15, 0.2) is 29.4 Å². The number of nitrogens with zero attached hydrogens (tertiary/aromatic N) is 2. The van der Waals surface area contributed by atoms with Gasteiger partial charge in [0, 0.05) is 6.42 Å². The number of carboxylic acids is 1. The minimum absolute atomic E-state index is 0.00704. The minimum atomic E-state index is -1.30. The van der Waals surface area contributed by atoms with Crippen molar-refractivity contribution in [2.45, 2.75) is 45.6 Å². The zero-order valence-electron chi connectivity index (χ0n) is 13.9. The lowest BCUT2D eigenvalue weighted by Crippen LogP contribution is -2.47. The van der Waals surface area contributed by atoms with Crippen molar-refractivity contribution in [2.24, 2.45) is 5.10 Å². The number of carbonyl (C=O) groups is 2.